The highest BCUT2D eigenvalue weighted by Crippen LogP contribution is 2.36. The highest BCUT2D eigenvalue weighted by molar-refractivity contribution is 7.18. The Kier molecular flexibility index (Phi) is 6.01. The number of ether oxygens (including phenoxy) is 1. The summed E-state index contributed by atoms with van der Waals surface area (Å²) in [6, 6.07) is 4.33. The Morgan fingerprint density at radius 3 is 2.74 bits per heavy atom. The van der Waals surface area contributed by atoms with Gasteiger partial charge in [0.1, 0.15) is 16.4 Å². The lowest BCUT2D eigenvalue weighted by Gasteiger charge is -2.30. The van der Waals surface area contributed by atoms with Gasteiger partial charge in [0, 0.05) is 17.5 Å². The van der Waals surface area contributed by atoms with Crippen LogP contribution in [0.5, 0.6) is 5.75 Å². The van der Waals surface area contributed by atoms with E-state index in [1.807, 2.05) is 19.0 Å². The number of anilines is 1. The van der Waals surface area contributed by atoms with Crippen LogP contribution in [0.25, 0.3) is 10.2 Å². The molecule has 5 rings (SSSR count). The molecule has 3 aromatic rings. The van der Waals surface area contributed by atoms with Gasteiger partial charge in [0.25, 0.3) is 11.5 Å². The van der Waals surface area contributed by atoms with Crippen LogP contribution >= 0.6 is 11.3 Å². The SMILES string of the molecule is CC1Oc2ccc(C(=O)C(C)n3c(CN(C)C)nc4sc5c(c4c3=O)CCCC5)cc2N(C)C1=O. The number of likely N-dealkylation sites (N-methyl/N-ethyl adjacent to an activating group) is 1. The molecule has 35 heavy (non-hydrogen) atoms. The average molecular weight is 495 g/mol. The van der Waals surface area contributed by atoms with Crippen LogP contribution in [0.15, 0.2) is 23.0 Å². The van der Waals surface area contributed by atoms with Crippen LogP contribution in [0.1, 0.15) is 59.4 Å². The molecule has 0 saturated heterocycles. The van der Waals surface area contributed by atoms with Crippen molar-refractivity contribution in [3.63, 3.8) is 0 Å². The third-order valence-electron chi connectivity index (χ3n) is 6.91. The molecule has 8 nitrogen and oxygen atoms in total. The number of ketones is 1. The molecule has 1 aromatic carbocycles. The van der Waals surface area contributed by atoms with E-state index in [0.717, 1.165) is 36.1 Å². The summed E-state index contributed by atoms with van der Waals surface area (Å²) in [7, 11) is 5.52. The van der Waals surface area contributed by atoms with E-state index >= 15 is 0 Å². The van der Waals surface area contributed by atoms with E-state index in [1.165, 1.54) is 9.78 Å². The first kappa shape index (κ1) is 23.7. The summed E-state index contributed by atoms with van der Waals surface area (Å²) in [5, 5.41) is 0.671. The number of Topliss-reactive ketones (excluding diaryl/α,β-unsaturated/α-hetero) is 1. The van der Waals surface area contributed by atoms with Gasteiger partial charge in [0.2, 0.25) is 0 Å². The van der Waals surface area contributed by atoms with E-state index in [0.29, 0.717) is 34.8 Å². The number of rotatable bonds is 5. The molecule has 2 aromatic heterocycles. The van der Waals surface area contributed by atoms with Crippen LogP contribution in [0.3, 0.4) is 0 Å². The number of amides is 1. The third kappa shape index (κ3) is 3.96. The van der Waals surface area contributed by atoms with Crippen molar-refractivity contribution < 1.29 is 14.3 Å². The Labute approximate surface area is 208 Å². The Bertz CT molecular complexity index is 1410. The summed E-state index contributed by atoms with van der Waals surface area (Å²) in [6.45, 7) is 3.90. The first-order valence-corrected chi connectivity index (χ1v) is 12.8. The minimum atomic E-state index is -0.754. The maximum absolute atomic E-state index is 13.9. The van der Waals surface area contributed by atoms with E-state index in [4.69, 9.17) is 9.72 Å². The lowest BCUT2D eigenvalue weighted by atomic mass is 9.97. The van der Waals surface area contributed by atoms with Crippen LogP contribution in [0.2, 0.25) is 0 Å². The summed E-state index contributed by atoms with van der Waals surface area (Å²) >= 11 is 1.62. The molecule has 1 aliphatic carbocycles. The van der Waals surface area contributed by atoms with Gasteiger partial charge in [-0.25, -0.2) is 4.98 Å². The Morgan fingerprint density at radius 2 is 2.00 bits per heavy atom. The van der Waals surface area contributed by atoms with Gasteiger partial charge in [-0.15, -0.1) is 11.3 Å². The van der Waals surface area contributed by atoms with Crippen LogP contribution in [0, 0.1) is 0 Å². The number of aryl methyl sites for hydroxylation is 2. The maximum Gasteiger partial charge on any atom is 0.267 e. The molecule has 0 saturated carbocycles. The topological polar surface area (TPSA) is 84.7 Å². The first-order valence-electron chi connectivity index (χ1n) is 12.0. The predicted molar refractivity (Wildman–Crippen MR) is 137 cm³/mol. The number of carbonyl (C=O) groups is 2. The van der Waals surface area contributed by atoms with Crippen molar-refractivity contribution in [3.05, 3.63) is 50.4 Å². The molecular weight excluding hydrogens is 464 g/mol. The van der Waals surface area contributed by atoms with E-state index in [2.05, 4.69) is 0 Å². The minimum absolute atomic E-state index is 0.144. The minimum Gasteiger partial charge on any atom is -0.479 e. The van der Waals surface area contributed by atoms with E-state index in [-0.39, 0.29) is 17.2 Å². The summed E-state index contributed by atoms with van der Waals surface area (Å²) in [5.41, 5.74) is 1.94. The largest absolute Gasteiger partial charge is 0.479 e. The smallest absolute Gasteiger partial charge is 0.267 e. The number of hydrogen-bond donors (Lipinski definition) is 0. The van der Waals surface area contributed by atoms with Gasteiger partial charge in [-0.05, 0) is 77.4 Å². The lowest BCUT2D eigenvalue weighted by molar-refractivity contribution is -0.125. The van der Waals surface area contributed by atoms with Crippen molar-refractivity contribution in [2.75, 3.05) is 26.0 Å². The highest BCUT2D eigenvalue weighted by Gasteiger charge is 2.31. The number of thiophene rings is 1. The molecule has 0 N–H and O–H groups in total. The molecule has 0 radical (unpaired) electrons. The van der Waals surface area contributed by atoms with E-state index < -0.39 is 12.1 Å². The number of benzene rings is 1. The average Bonchev–Trinajstić information content (AvgIpc) is 3.20. The summed E-state index contributed by atoms with van der Waals surface area (Å²) < 4.78 is 7.26. The zero-order chi connectivity index (χ0) is 25.0. The summed E-state index contributed by atoms with van der Waals surface area (Å²) in [4.78, 5) is 50.4. The van der Waals surface area contributed by atoms with E-state index in [1.54, 1.807) is 55.0 Å². The van der Waals surface area contributed by atoms with Crippen molar-refractivity contribution in [1.29, 1.82) is 0 Å². The van der Waals surface area contributed by atoms with Crippen molar-refractivity contribution in [3.8, 4) is 5.75 Å². The van der Waals surface area contributed by atoms with Crippen molar-refractivity contribution in [1.82, 2.24) is 14.5 Å². The molecule has 0 fully saturated rings. The molecule has 1 aliphatic heterocycles. The van der Waals surface area contributed by atoms with Gasteiger partial charge in [0.05, 0.1) is 23.7 Å². The normalized spacial score (nSPS) is 18.4. The van der Waals surface area contributed by atoms with Gasteiger partial charge in [-0.1, -0.05) is 0 Å². The second kappa shape index (κ2) is 8.87. The fraction of sp³-hybridized carbons (Fsp3) is 0.462. The zero-order valence-electron chi connectivity index (χ0n) is 20.8. The fourth-order valence-corrected chi connectivity index (χ4v) is 6.35. The third-order valence-corrected chi connectivity index (χ3v) is 8.09. The predicted octanol–water partition coefficient (Wildman–Crippen LogP) is 3.59. The molecule has 2 atom stereocenters. The molecule has 184 valence electrons. The molecular formula is C26H30N4O4S. The van der Waals surface area contributed by atoms with Gasteiger partial charge < -0.3 is 14.5 Å². The van der Waals surface area contributed by atoms with Crippen LogP contribution in [-0.2, 0) is 24.2 Å². The molecule has 9 heteroatoms. The molecule has 3 heterocycles. The standard InChI is InChI=1S/C26H30N4O4S/c1-14(23(31)16-10-11-19-18(12-16)29(5)25(32)15(2)34-19)30-21(13-28(3)4)27-24-22(26(30)33)17-8-6-7-9-20(17)35-24/h10-12,14-15H,6-9,13H2,1-5H3. The number of hydrogen-bond acceptors (Lipinski definition) is 7. The lowest BCUT2D eigenvalue weighted by Crippen LogP contribution is -2.42. The Balaban J connectivity index is 1.60. The van der Waals surface area contributed by atoms with Gasteiger partial charge in [0.15, 0.2) is 11.9 Å². The van der Waals surface area contributed by atoms with Gasteiger partial charge >= 0.3 is 0 Å². The maximum atomic E-state index is 13.9. The van der Waals surface area contributed by atoms with Crippen LogP contribution < -0.4 is 15.2 Å². The molecule has 2 aliphatic rings. The first-order chi connectivity index (χ1) is 16.7. The van der Waals surface area contributed by atoms with Gasteiger partial charge in [-0.3, -0.25) is 19.0 Å². The monoisotopic (exact) mass is 494 g/mol. The quantitative estimate of drug-likeness (QED) is 0.504. The highest BCUT2D eigenvalue weighted by atomic mass is 32.1. The number of nitrogens with zero attached hydrogens (tertiary/aromatic N) is 4. The molecule has 0 spiro atoms. The second-order valence-electron chi connectivity index (χ2n) is 9.71. The van der Waals surface area contributed by atoms with Crippen LogP contribution in [-0.4, -0.2) is 53.4 Å². The summed E-state index contributed by atoms with van der Waals surface area (Å²) in [5.74, 6) is 0.757. The Morgan fingerprint density at radius 1 is 1.26 bits per heavy atom. The van der Waals surface area contributed by atoms with E-state index in [9.17, 15) is 14.4 Å². The molecule has 1 amide bonds. The van der Waals surface area contributed by atoms with Crippen molar-refractivity contribution in [2.24, 2.45) is 0 Å². The number of fused-ring (bicyclic) bond motifs is 4. The number of carbonyl (C=O) groups excluding carboxylic acids is 2. The molecule has 2 unspecified atom stereocenters. The van der Waals surface area contributed by atoms with Gasteiger partial charge in [-0.2, -0.15) is 0 Å². The number of aromatic nitrogens is 2. The molecule has 0 bridgehead atoms. The second-order valence-corrected chi connectivity index (χ2v) is 10.8. The summed E-state index contributed by atoms with van der Waals surface area (Å²) in [6.07, 6.45) is 3.48. The van der Waals surface area contributed by atoms with Crippen LogP contribution in [0.4, 0.5) is 5.69 Å². The fourth-order valence-electron chi connectivity index (χ4n) is 5.08. The zero-order valence-corrected chi connectivity index (χ0v) is 21.6. The van der Waals surface area contributed by atoms with Crippen molar-refractivity contribution >= 4 is 38.9 Å². The van der Waals surface area contributed by atoms with Crippen molar-refractivity contribution in [2.45, 2.75) is 58.2 Å². The Hall–Kier alpha value is -3.04.